The van der Waals surface area contributed by atoms with Gasteiger partial charge in [0.1, 0.15) is 40.5 Å². The summed E-state index contributed by atoms with van der Waals surface area (Å²) in [7, 11) is 0. The smallest absolute Gasteiger partial charge is 0.306 e. The molecule has 107 heavy (non-hydrogen) atoms. The van der Waals surface area contributed by atoms with E-state index < -0.39 is 22.2 Å². The molecule has 0 saturated carbocycles. The first-order chi connectivity index (χ1) is 48.6. The van der Waals surface area contributed by atoms with Gasteiger partial charge < -0.3 is 26.2 Å². The van der Waals surface area contributed by atoms with Crippen molar-refractivity contribution in [3.8, 4) is 18.1 Å². The Morgan fingerprint density at radius 1 is 0.654 bits per heavy atom. The van der Waals surface area contributed by atoms with Gasteiger partial charge in [0, 0.05) is 106 Å². The maximum Gasteiger partial charge on any atom is 0.306 e. The number of carboxylic acid groups (broad SMARTS) is 1. The minimum atomic E-state index is -0.740. The second-order valence-electron chi connectivity index (χ2n) is 31.0. The molecular formula is C83H112Cl2FI6N3O12. The van der Waals surface area contributed by atoms with Crippen molar-refractivity contribution in [2.45, 2.75) is 218 Å². The predicted molar refractivity (Wildman–Crippen MR) is 492 cm³/mol. The number of carboxylic acids is 1. The fourth-order valence-corrected chi connectivity index (χ4v) is 16.4. The van der Waals surface area contributed by atoms with E-state index in [1.807, 2.05) is 158 Å². The van der Waals surface area contributed by atoms with Gasteiger partial charge in [0.15, 0.2) is 23.1 Å². The van der Waals surface area contributed by atoms with E-state index in [9.17, 15) is 52.3 Å². The standard InChI is InChI=1S/C17H20Cl2O3.C15H17I3N2O3.C13H15FO.C11H12I3NO2.C9H18O.C9H16O.C9H14O/c1-6-10(2)16(21)11-7-8-12(15(19)14(11)18)22-9-13(20)17(3,4)5;1-6(21)19-12-9(16)8(14(23)15(3,4)5)10(17)13(11(12)18)20-7(2)22;1-13(2,3)12(15)9-8-10-6-4-5-7-11(10)14;1-2-5(11(16)17)3-6-7(12)4-8(13)10(15)9(6)14;1-6-7(2)8(10)9(3,4)5;2*1-5-6-7-8(10)9(2,3)4/h7-8H,2,6,9H2,1,3-5H3;1-5H3,(H,19,21)(H,20,22);4-9H,1-3H3;4-5H,2-3,15H2,1H3,(H,16,17);7H,6H2,1-5H3;5H,1,6-7H2,2-4H3;1H,6-7H2,2-4H3/b;;9-8+;;;;. The summed E-state index contributed by atoms with van der Waals surface area (Å²) < 4.78 is 23.8. The van der Waals surface area contributed by atoms with Gasteiger partial charge in [-0.15, -0.1) is 18.9 Å². The third-order valence-corrected chi connectivity index (χ3v) is 22.4. The molecule has 5 N–H and O–H groups in total. The average molecular weight is 2200 g/mol. The number of rotatable bonds is 22. The Kier molecular flexibility index (Phi) is 49.9. The number of allylic oxidation sites excluding steroid dienone is 3. The highest BCUT2D eigenvalue weighted by Gasteiger charge is 2.33. The van der Waals surface area contributed by atoms with Gasteiger partial charge in [-0.3, -0.25) is 47.9 Å². The van der Waals surface area contributed by atoms with Crippen LogP contribution in [0.2, 0.25) is 10.0 Å². The number of carbonyl (C=O) groups is 10. The van der Waals surface area contributed by atoms with Crippen molar-refractivity contribution < 1.29 is 62.2 Å². The van der Waals surface area contributed by atoms with Crippen LogP contribution in [0.25, 0.3) is 6.08 Å². The van der Waals surface area contributed by atoms with Gasteiger partial charge in [0.05, 0.1) is 31.6 Å². The van der Waals surface area contributed by atoms with Gasteiger partial charge in [0.2, 0.25) is 11.8 Å². The number of nitrogen functional groups attached to an aromatic ring is 1. The molecule has 4 aromatic rings. The van der Waals surface area contributed by atoms with E-state index >= 15 is 0 Å². The Labute approximate surface area is 729 Å². The molecule has 0 aromatic heterocycles. The van der Waals surface area contributed by atoms with Crippen LogP contribution in [0.3, 0.4) is 0 Å². The van der Waals surface area contributed by atoms with E-state index in [-0.39, 0.29) is 103 Å². The van der Waals surface area contributed by atoms with E-state index in [2.05, 4.69) is 165 Å². The summed E-state index contributed by atoms with van der Waals surface area (Å²) >= 11 is 25.1. The number of hydrogen-bond acceptors (Lipinski definition) is 12. The van der Waals surface area contributed by atoms with Gasteiger partial charge in [-0.2, -0.15) is 0 Å². The van der Waals surface area contributed by atoms with Crippen molar-refractivity contribution in [1.82, 2.24) is 0 Å². The molecule has 0 fully saturated rings. The number of anilines is 3. The lowest BCUT2D eigenvalue weighted by Crippen LogP contribution is -2.26. The summed E-state index contributed by atoms with van der Waals surface area (Å²) in [4.78, 5) is 116. The van der Waals surface area contributed by atoms with Crippen LogP contribution in [0.15, 0.2) is 73.3 Å². The number of nitrogens with one attached hydrogen (secondary N) is 2. The number of halogens is 9. The molecule has 4 aromatic carbocycles. The number of ketones is 7. The van der Waals surface area contributed by atoms with E-state index in [0.717, 1.165) is 34.8 Å². The molecule has 0 aliphatic carbocycles. The molecule has 4 rings (SSSR count). The molecule has 0 bridgehead atoms. The molecule has 0 spiro atoms. The molecule has 15 nitrogen and oxygen atoms in total. The van der Waals surface area contributed by atoms with Gasteiger partial charge in [-0.1, -0.05) is 206 Å². The minimum absolute atomic E-state index is 0.00856. The summed E-state index contributed by atoms with van der Waals surface area (Å²) in [5.41, 5.74) is 8.54. The first-order valence-electron chi connectivity index (χ1n) is 34.6. The molecule has 0 saturated heterocycles. The maximum absolute atomic E-state index is 13.2. The summed E-state index contributed by atoms with van der Waals surface area (Å²) in [6, 6.07) is 11.5. The quantitative estimate of drug-likeness (QED) is 0.0143. The first kappa shape index (κ1) is 107. The van der Waals surface area contributed by atoms with Crippen LogP contribution in [0.4, 0.5) is 21.5 Å². The summed E-state index contributed by atoms with van der Waals surface area (Å²) in [6.45, 7) is 51.7. The Hall–Kier alpha value is -3.75. The lowest BCUT2D eigenvalue weighted by Gasteiger charge is -2.23. The Morgan fingerprint density at radius 3 is 1.50 bits per heavy atom. The summed E-state index contributed by atoms with van der Waals surface area (Å²) in [6.07, 6.45) is 14.9. The highest BCUT2D eigenvalue weighted by atomic mass is 127. The number of amides is 2. The molecule has 0 aliphatic rings. The summed E-state index contributed by atoms with van der Waals surface area (Å²) in [5, 5.41) is 14.9. The fourth-order valence-electron chi connectivity index (χ4n) is 7.95. The molecule has 0 aliphatic heterocycles. The zero-order chi connectivity index (χ0) is 84.6. The molecule has 0 heterocycles. The van der Waals surface area contributed by atoms with Gasteiger partial charge in [0.25, 0.3) is 0 Å². The van der Waals surface area contributed by atoms with Gasteiger partial charge in [-0.25, -0.2) is 4.39 Å². The maximum atomic E-state index is 13.2. The highest BCUT2D eigenvalue weighted by Crippen LogP contribution is 2.42. The molecule has 0 radical (unpaired) electrons. The van der Waals surface area contributed by atoms with E-state index in [0.29, 0.717) is 88.9 Å². The van der Waals surface area contributed by atoms with Crippen LogP contribution in [-0.4, -0.2) is 70.0 Å². The van der Waals surface area contributed by atoms with Crippen molar-refractivity contribution in [2.75, 3.05) is 23.0 Å². The van der Waals surface area contributed by atoms with Crippen LogP contribution in [0.5, 0.6) is 5.75 Å². The summed E-state index contributed by atoms with van der Waals surface area (Å²) in [5.74, 6) is 1.68. The second-order valence-corrected chi connectivity index (χ2v) is 38.4. The number of aliphatic carboxylic acids is 1. The fraction of sp³-hybridized carbons (Fsp3) is 0.494. The van der Waals surface area contributed by atoms with Crippen molar-refractivity contribution in [1.29, 1.82) is 0 Å². The second kappa shape index (κ2) is 49.7. The molecular weight excluding hydrogens is 2080 g/mol. The number of hydrogen-bond donors (Lipinski definition) is 4. The number of Topliss-reactive ketones (excluding diaryl/α,β-unsaturated/α-hetero) is 6. The van der Waals surface area contributed by atoms with E-state index in [1.165, 1.54) is 38.1 Å². The monoisotopic (exact) mass is 2190 g/mol. The lowest BCUT2D eigenvalue weighted by molar-refractivity contribution is -0.142. The Morgan fingerprint density at radius 2 is 1.13 bits per heavy atom. The van der Waals surface area contributed by atoms with E-state index in [4.69, 9.17) is 45.2 Å². The highest BCUT2D eigenvalue weighted by molar-refractivity contribution is 14.1. The number of benzene rings is 4. The van der Waals surface area contributed by atoms with Crippen molar-refractivity contribution >= 4 is 240 Å². The topological polar surface area (TPSA) is 250 Å². The van der Waals surface area contributed by atoms with Crippen LogP contribution in [0.1, 0.15) is 243 Å². The third-order valence-electron chi connectivity index (χ3n) is 15.3. The van der Waals surface area contributed by atoms with Gasteiger partial charge in [-0.05, 0) is 215 Å². The molecule has 24 heteroatoms. The number of terminal acetylenes is 1. The van der Waals surface area contributed by atoms with Crippen molar-refractivity contribution in [2.24, 2.45) is 44.3 Å². The SMILES string of the molecule is C#CCCC(=O)C(C)(C)C.C=C(CC)C(=O)c1ccc(OCC(=O)C(C)(C)C)c(Cl)c1Cl.C=CCCC(=O)C(C)(C)C.CC(=O)Nc1c(I)c(NC(C)=O)c(I)c(C(=O)C(C)(C)C)c1I.CC(C)(C)C(=O)/C=C/c1ccccc1F.CCC(C)C(=O)C(C)(C)C.CCC(Cc1c(I)cc(I)c(N)c1I)C(=O)O. The predicted octanol–water partition coefficient (Wildman–Crippen LogP) is 24.2. The van der Waals surface area contributed by atoms with Crippen LogP contribution in [0, 0.1) is 83.9 Å². The molecule has 2 amide bonds. The van der Waals surface area contributed by atoms with Crippen LogP contribution < -0.4 is 21.1 Å². The average Bonchev–Trinajstić information content (AvgIpc) is 0.764. The van der Waals surface area contributed by atoms with Crippen molar-refractivity contribution in [3.05, 3.63) is 133 Å². The number of carbonyl (C=O) groups excluding carboxylic acids is 9. The molecule has 2 atom stereocenters. The minimum Gasteiger partial charge on any atom is -0.484 e. The number of ether oxygens (including phenoxy) is 1. The normalized spacial score (nSPS) is 11.8. The Bertz CT molecular complexity index is 3830. The molecule has 594 valence electrons. The first-order valence-corrected chi connectivity index (χ1v) is 41.8. The van der Waals surface area contributed by atoms with Crippen LogP contribution >= 0.6 is 159 Å². The number of nitrogens with two attached hydrogens (primary N) is 1. The Balaban J connectivity index is -0.00000121. The zero-order valence-corrected chi connectivity index (χ0v) is 81.2. The molecule has 2 unspecified atom stereocenters. The largest absolute Gasteiger partial charge is 0.484 e. The zero-order valence-electron chi connectivity index (χ0n) is 66.7. The van der Waals surface area contributed by atoms with Gasteiger partial charge >= 0.3 is 5.97 Å². The third kappa shape index (κ3) is 40.0. The lowest BCUT2D eigenvalue weighted by atomic mass is 9.83. The van der Waals surface area contributed by atoms with Crippen molar-refractivity contribution in [3.63, 3.8) is 0 Å². The van der Waals surface area contributed by atoms with Crippen LogP contribution in [-0.2, 0) is 44.8 Å². The van der Waals surface area contributed by atoms with E-state index in [1.54, 1.807) is 30.3 Å².